The number of hydrogen-bond donors (Lipinski definition) is 1. The average molecular weight is 840 g/mol. The van der Waals surface area contributed by atoms with E-state index in [1.54, 1.807) is 13.3 Å². The number of rotatable bonds is 12. The SMILES string of the molecule is COC(C)c1ncc(N2CCN(CC(F)(F)F)CC2)cc1-c1[nH]c2cc(F)c(Br)cc2c1CC(C)(C)CO[Si](c1ccccc1)(c1ccccc1)C(C)(C)C. The normalized spacial score (nSPS) is 15.5. The molecule has 5 aromatic rings. The Morgan fingerprint density at radius 1 is 0.891 bits per heavy atom. The van der Waals surface area contributed by atoms with Gasteiger partial charge in [-0.15, -0.1) is 0 Å². The molecule has 3 aromatic carbocycles. The van der Waals surface area contributed by atoms with Crippen molar-refractivity contribution < 1.29 is 26.7 Å². The third kappa shape index (κ3) is 8.88. The number of benzene rings is 3. The first-order valence-electron chi connectivity index (χ1n) is 18.7. The molecule has 6 rings (SSSR count). The molecule has 0 saturated carbocycles. The van der Waals surface area contributed by atoms with Gasteiger partial charge in [-0.05, 0) is 73.9 Å². The Morgan fingerprint density at radius 3 is 2.04 bits per heavy atom. The number of methoxy groups -OCH3 is 1. The van der Waals surface area contributed by atoms with Crippen LogP contribution in [0.3, 0.4) is 0 Å². The molecule has 0 aliphatic carbocycles. The number of alkyl halides is 3. The van der Waals surface area contributed by atoms with Crippen LogP contribution in [0.2, 0.25) is 5.04 Å². The maximum Gasteiger partial charge on any atom is 0.401 e. The molecule has 1 saturated heterocycles. The highest BCUT2D eigenvalue weighted by Gasteiger charge is 2.51. The van der Waals surface area contributed by atoms with Crippen LogP contribution in [0, 0.1) is 11.2 Å². The molecule has 1 unspecified atom stereocenters. The third-order valence-corrected chi connectivity index (χ3v) is 16.3. The minimum Gasteiger partial charge on any atom is -0.407 e. The molecule has 1 aliphatic rings. The largest absolute Gasteiger partial charge is 0.407 e. The average Bonchev–Trinajstić information content (AvgIpc) is 3.46. The van der Waals surface area contributed by atoms with Gasteiger partial charge < -0.3 is 19.0 Å². The number of aromatic nitrogens is 2. The molecule has 0 amide bonds. The molecule has 55 heavy (non-hydrogen) atoms. The van der Waals surface area contributed by atoms with Gasteiger partial charge in [0.15, 0.2) is 0 Å². The van der Waals surface area contributed by atoms with Crippen molar-refractivity contribution in [3.8, 4) is 11.3 Å². The summed E-state index contributed by atoms with van der Waals surface area (Å²) in [5, 5.41) is 3.09. The minimum absolute atomic E-state index is 0.199. The predicted molar refractivity (Wildman–Crippen MR) is 220 cm³/mol. The van der Waals surface area contributed by atoms with E-state index in [0.29, 0.717) is 41.8 Å². The number of hydrogen-bond acceptors (Lipinski definition) is 5. The second-order valence-electron chi connectivity index (χ2n) is 16.5. The summed E-state index contributed by atoms with van der Waals surface area (Å²) >= 11 is 3.44. The Kier molecular flexibility index (Phi) is 12.1. The third-order valence-electron chi connectivity index (χ3n) is 10.8. The summed E-state index contributed by atoms with van der Waals surface area (Å²) in [7, 11) is -1.21. The summed E-state index contributed by atoms with van der Waals surface area (Å²) in [6.45, 7) is 14.1. The van der Waals surface area contributed by atoms with E-state index in [1.807, 2.05) is 31.2 Å². The van der Waals surface area contributed by atoms with Crippen molar-refractivity contribution in [2.24, 2.45) is 5.41 Å². The molecule has 1 fully saturated rings. The maximum absolute atomic E-state index is 15.1. The van der Waals surface area contributed by atoms with E-state index in [0.717, 1.165) is 27.9 Å². The predicted octanol–water partition coefficient (Wildman–Crippen LogP) is 9.67. The van der Waals surface area contributed by atoms with Crippen LogP contribution in [-0.2, 0) is 15.6 Å². The molecule has 3 heterocycles. The van der Waals surface area contributed by atoms with Gasteiger partial charge in [0.25, 0.3) is 8.32 Å². The van der Waals surface area contributed by atoms with Gasteiger partial charge in [-0.2, -0.15) is 13.2 Å². The Bertz CT molecular complexity index is 2040. The van der Waals surface area contributed by atoms with Crippen molar-refractivity contribution in [3.63, 3.8) is 0 Å². The Balaban J connectivity index is 1.42. The van der Waals surface area contributed by atoms with Gasteiger partial charge in [-0.3, -0.25) is 9.88 Å². The smallest absolute Gasteiger partial charge is 0.401 e. The van der Waals surface area contributed by atoms with Crippen LogP contribution in [0.4, 0.5) is 23.2 Å². The summed E-state index contributed by atoms with van der Waals surface area (Å²) < 4.78 is 68.2. The first-order chi connectivity index (χ1) is 25.9. The molecule has 0 spiro atoms. The standard InChI is InChI=1S/C43H51BrF4N4O2Si/c1-29(53-7)39-34(22-30(26-49-39)52-20-18-51(19-21-52)27-43(46,47)48)40-35(33-23-36(44)37(45)24-38(33)50-40)25-42(5,6)28-54-55(41(2,3)4,31-14-10-8-11-15-31)32-16-12-9-13-17-32/h8-17,22-24,26,29,50H,18-21,25,27-28H2,1-7H3. The number of pyridine rings is 1. The number of fused-ring (bicyclic) bond motifs is 1. The van der Waals surface area contributed by atoms with Crippen LogP contribution in [0.1, 0.15) is 58.9 Å². The van der Waals surface area contributed by atoms with Gasteiger partial charge in [-0.25, -0.2) is 4.39 Å². The van der Waals surface area contributed by atoms with Crippen LogP contribution in [0.25, 0.3) is 22.2 Å². The first kappa shape index (κ1) is 41.1. The number of halogens is 5. The monoisotopic (exact) mass is 838 g/mol. The number of nitrogens with one attached hydrogen (secondary N) is 1. The van der Waals surface area contributed by atoms with Crippen molar-refractivity contribution in [2.75, 3.05) is 51.3 Å². The molecule has 1 aliphatic heterocycles. The summed E-state index contributed by atoms with van der Waals surface area (Å²) in [5.74, 6) is -0.379. The molecule has 0 radical (unpaired) electrons. The molecular weight excluding hydrogens is 788 g/mol. The van der Waals surface area contributed by atoms with Crippen LogP contribution in [0.15, 0.2) is 89.5 Å². The Morgan fingerprint density at radius 2 is 1.49 bits per heavy atom. The van der Waals surface area contributed by atoms with E-state index in [4.69, 9.17) is 14.1 Å². The zero-order valence-electron chi connectivity index (χ0n) is 32.7. The second-order valence-corrected chi connectivity index (χ2v) is 21.6. The number of aromatic amines is 1. The van der Waals surface area contributed by atoms with E-state index < -0.39 is 26.5 Å². The zero-order chi connectivity index (χ0) is 39.8. The van der Waals surface area contributed by atoms with Gasteiger partial charge in [0.05, 0.1) is 40.4 Å². The highest BCUT2D eigenvalue weighted by atomic mass is 79.9. The van der Waals surface area contributed by atoms with E-state index in [9.17, 15) is 13.2 Å². The first-order valence-corrected chi connectivity index (χ1v) is 21.4. The molecule has 6 nitrogen and oxygen atoms in total. The number of nitrogens with zero attached hydrogens (tertiary/aromatic N) is 3. The van der Waals surface area contributed by atoms with E-state index in [1.165, 1.54) is 21.3 Å². The number of H-pyrrole nitrogens is 1. The van der Waals surface area contributed by atoms with Crippen molar-refractivity contribution in [1.82, 2.24) is 14.9 Å². The number of piperazine rings is 1. The lowest BCUT2D eigenvalue weighted by Crippen LogP contribution is -2.67. The van der Waals surface area contributed by atoms with Gasteiger partial charge in [0, 0.05) is 56.4 Å². The Hall–Kier alpha value is -3.55. The van der Waals surface area contributed by atoms with Crippen LogP contribution < -0.4 is 15.3 Å². The second kappa shape index (κ2) is 16.1. The fourth-order valence-corrected chi connectivity index (χ4v) is 13.0. The summed E-state index contributed by atoms with van der Waals surface area (Å²) in [4.78, 5) is 12.0. The van der Waals surface area contributed by atoms with Crippen LogP contribution in [0.5, 0.6) is 0 Å². The fourth-order valence-electron chi connectivity index (χ4n) is 7.94. The lowest BCUT2D eigenvalue weighted by atomic mass is 9.84. The topological polar surface area (TPSA) is 53.6 Å². The van der Waals surface area contributed by atoms with Crippen molar-refractivity contribution in [1.29, 1.82) is 0 Å². The molecule has 0 bridgehead atoms. The van der Waals surface area contributed by atoms with Crippen molar-refractivity contribution in [3.05, 3.63) is 107 Å². The van der Waals surface area contributed by atoms with Gasteiger partial charge in [0.2, 0.25) is 0 Å². The van der Waals surface area contributed by atoms with E-state index in [-0.39, 0.29) is 30.0 Å². The van der Waals surface area contributed by atoms with E-state index in [2.05, 4.69) is 109 Å². The highest BCUT2D eigenvalue weighted by molar-refractivity contribution is 9.10. The summed E-state index contributed by atoms with van der Waals surface area (Å²) in [5.41, 5.74) is 4.36. The summed E-state index contributed by atoms with van der Waals surface area (Å²) in [6.07, 6.45) is -2.26. The molecule has 1 atom stereocenters. The number of ether oxygens (including phenoxy) is 1. The fraction of sp³-hybridized carbons (Fsp3) is 0.419. The Labute approximate surface area is 331 Å². The van der Waals surface area contributed by atoms with Gasteiger partial charge in [0.1, 0.15) is 5.82 Å². The minimum atomic E-state index is -4.24. The maximum atomic E-state index is 15.1. The molecular formula is C43H51BrF4N4O2Si. The molecule has 2 aromatic heterocycles. The van der Waals surface area contributed by atoms with Crippen molar-refractivity contribution in [2.45, 2.75) is 65.3 Å². The molecule has 294 valence electrons. The molecule has 12 heteroatoms. The van der Waals surface area contributed by atoms with Crippen molar-refractivity contribution >= 4 is 51.2 Å². The lowest BCUT2D eigenvalue weighted by molar-refractivity contribution is -0.146. The van der Waals surface area contributed by atoms with Crippen LogP contribution >= 0.6 is 15.9 Å². The van der Waals surface area contributed by atoms with Crippen LogP contribution in [-0.4, -0.2) is 75.8 Å². The zero-order valence-corrected chi connectivity index (χ0v) is 35.2. The number of anilines is 1. The highest BCUT2D eigenvalue weighted by Crippen LogP contribution is 2.42. The molecule has 1 N–H and O–H groups in total. The van der Waals surface area contributed by atoms with Gasteiger partial charge in [-0.1, -0.05) is 95.3 Å². The lowest BCUT2D eigenvalue weighted by Gasteiger charge is -2.44. The quantitative estimate of drug-likeness (QED) is 0.100. The summed E-state index contributed by atoms with van der Waals surface area (Å²) in [6, 6.07) is 26.5. The van der Waals surface area contributed by atoms with Gasteiger partial charge >= 0.3 is 6.18 Å². The van der Waals surface area contributed by atoms with E-state index >= 15 is 4.39 Å².